The minimum Gasteiger partial charge on any atom is -0.497 e. The molecule has 0 aliphatic rings. The average Bonchev–Trinajstić information content (AvgIpc) is 2.97. The van der Waals surface area contributed by atoms with Crippen LogP contribution in [0.1, 0.15) is 26.3 Å². The van der Waals surface area contributed by atoms with Gasteiger partial charge >= 0.3 is 0 Å². The highest BCUT2D eigenvalue weighted by molar-refractivity contribution is 7.92. The van der Waals surface area contributed by atoms with Gasteiger partial charge in [-0.05, 0) is 48.7 Å². The maximum atomic E-state index is 13.9. The monoisotopic (exact) mass is 582 g/mol. The second-order valence-electron chi connectivity index (χ2n) is 9.79. The number of carbonyl (C=O) groups excluding carboxylic acids is 2. The van der Waals surface area contributed by atoms with Crippen LogP contribution in [0.25, 0.3) is 0 Å². The normalized spacial score (nSPS) is 11.9. The molecule has 0 unspecified atom stereocenters. The second-order valence-corrected chi connectivity index (χ2v) is 11.7. The molecule has 3 aromatic rings. The van der Waals surface area contributed by atoms with Gasteiger partial charge in [0.25, 0.3) is 15.7 Å². The van der Waals surface area contributed by atoms with Crippen LogP contribution >= 0.6 is 0 Å². The zero-order valence-corrected chi connectivity index (χ0v) is 24.2. The molecule has 0 saturated carbocycles. The Balaban J connectivity index is 2.05. The first-order chi connectivity index (χ1) is 19.4. The smallest absolute Gasteiger partial charge is 0.271 e. The van der Waals surface area contributed by atoms with E-state index >= 15 is 0 Å². The molecule has 0 radical (unpaired) electrons. The van der Waals surface area contributed by atoms with Crippen molar-refractivity contribution in [3.63, 3.8) is 0 Å². The summed E-state index contributed by atoms with van der Waals surface area (Å²) in [6.45, 7) is 5.12. The molecular formula is C29H34N4O7S. The van der Waals surface area contributed by atoms with E-state index in [1.54, 1.807) is 37.3 Å². The second kappa shape index (κ2) is 13.8. The number of hydrogen-bond donors (Lipinski definition) is 1. The van der Waals surface area contributed by atoms with Crippen molar-refractivity contribution < 1.29 is 27.7 Å². The topological polar surface area (TPSA) is 139 Å². The van der Waals surface area contributed by atoms with Gasteiger partial charge in [0, 0.05) is 25.2 Å². The van der Waals surface area contributed by atoms with Crippen molar-refractivity contribution in [3.8, 4) is 5.75 Å². The molecule has 1 atom stereocenters. The SMILES string of the molecule is COc1cccc(CN(C(=O)CN(c2cccc([N+](=O)[O-])c2)S(=O)(=O)c2ccccc2)[C@@H](C)C(=O)NCC(C)C)c1. The van der Waals surface area contributed by atoms with Crippen molar-refractivity contribution in [2.45, 2.75) is 38.3 Å². The minimum absolute atomic E-state index is 0.0134. The van der Waals surface area contributed by atoms with E-state index in [1.165, 1.54) is 54.5 Å². The Bertz CT molecular complexity index is 1480. The number of carbonyl (C=O) groups is 2. The van der Waals surface area contributed by atoms with Crippen molar-refractivity contribution in [1.29, 1.82) is 0 Å². The van der Waals surface area contributed by atoms with Gasteiger partial charge in [-0.15, -0.1) is 0 Å². The highest BCUT2D eigenvalue weighted by Crippen LogP contribution is 2.27. The lowest BCUT2D eigenvalue weighted by molar-refractivity contribution is -0.384. The Labute approximate surface area is 239 Å². The molecule has 3 rings (SSSR count). The number of rotatable bonds is 13. The summed E-state index contributed by atoms with van der Waals surface area (Å²) < 4.78 is 33.7. The number of anilines is 1. The highest BCUT2D eigenvalue weighted by atomic mass is 32.2. The summed E-state index contributed by atoms with van der Waals surface area (Å²) in [6, 6.07) is 18.5. The lowest BCUT2D eigenvalue weighted by Crippen LogP contribution is -2.51. The van der Waals surface area contributed by atoms with Gasteiger partial charge in [0.1, 0.15) is 18.3 Å². The fraction of sp³-hybridized carbons (Fsp3) is 0.310. The number of hydrogen-bond acceptors (Lipinski definition) is 7. The Morgan fingerprint density at radius 1 is 0.976 bits per heavy atom. The first kappa shape index (κ1) is 31.1. The first-order valence-electron chi connectivity index (χ1n) is 13.0. The number of nitro benzene ring substituents is 1. The molecule has 1 N–H and O–H groups in total. The van der Waals surface area contributed by atoms with E-state index in [4.69, 9.17) is 4.74 Å². The number of ether oxygens (including phenoxy) is 1. The molecule has 0 fully saturated rings. The molecule has 0 saturated heterocycles. The van der Waals surface area contributed by atoms with E-state index in [0.717, 1.165) is 10.4 Å². The lowest BCUT2D eigenvalue weighted by atomic mass is 10.1. The van der Waals surface area contributed by atoms with Gasteiger partial charge in [0.05, 0.1) is 22.6 Å². The number of nitro groups is 1. The predicted octanol–water partition coefficient (Wildman–Crippen LogP) is 3.99. The zero-order valence-electron chi connectivity index (χ0n) is 23.4. The summed E-state index contributed by atoms with van der Waals surface area (Å²) in [5.74, 6) is -0.348. The minimum atomic E-state index is -4.33. The van der Waals surface area contributed by atoms with E-state index in [0.29, 0.717) is 17.9 Å². The molecule has 11 nitrogen and oxygen atoms in total. The number of benzene rings is 3. The van der Waals surface area contributed by atoms with Crippen LogP contribution in [0.15, 0.2) is 83.8 Å². The molecule has 2 amide bonds. The lowest BCUT2D eigenvalue weighted by Gasteiger charge is -2.32. The van der Waals surface area contributed by atoms with Crippen molar-refractivity contribution in [3.05, 3.63) is 94.5 Å². The third-order valence-electron chi connectivity index (χ3n) is 6.28. The van der Waals surface area contributed by atoms with Gasteiger partial charge in [-0.3, -0.25) is 24.0 Å². The van der Waals surface area contributed by atoms with Gasteiger partial charge < -0.3 is 15.0 Å². The van der Waals surface area contributed by atoms with E-state index in [1.807, 2.05) is 13.8 Å². The zero-order chi connectivity index (χ0) is 30.2. The van der Waals surface area contributed by atoms with Gasteiger partial charge in [-0.25, -0.2) is 8.42 Å². The van der Waals surface area contributed by atoms with Crippen LogP contribution in [0, 0.1) is 16.0 Å². The number of methoxy groups -OCH3 is 1. The molecule has 0 heterocycles. The maximum absolute atomic E-state index is 13.9. The van der Waals surface area contributed by atoms with E-state index in [-0.39, 0.29) is 28.7 Å². The number of nitrogens with zero attached hydrogens (tertiary/aromatic N) is 3. The Morgan fingerprint density at radius 2 is 1.66 bits per heavy atom. The van der Waals surface area contributed by atoms with Crippen molar-refractivity contribution >= 4 is 33.2 Å². The molecule has 0 bridgehead atoms. The summed E-state index contributed by atoms with van der Waals surface area (Å²) in [5, 5.41) is 14.3. The Hall–Kier alpha value is -4.45. The maximum Gasteiger partial charge on any atom is 0.271 e. The van der Waals surface area contributed by atoms with Crippen LogP contribution < -0.4 is 14.4 Å². The van der Waals surface area contributed by atoms with E-state index in [9.17, 15) is 28.1 Å². The Morgan fingerprint density at radius 3 is 2.29 bits per heavy atom. The quantitative estimate of drug-likeness (QED) is 0.237. The standard InChI is InChI=1S/C29H34N4O7S/c1-21(2)18-30-29(35)22(3)31(19-23-10-8-13-26(16-23)40-4)28(34)20-32(24-11-9-12-25(17-24)33(36)37)41(38,39)27-14-6-5-7-15-27/h5-17,21-22H,18-20H2,1-4H3,(H,30,35)/t22-/m0/s1. The highest BCUT2D eigenvalue weighted by Gasteiger charge is 2.33. The molecule has 41 heavy (non-hydrogen) atoms. The predicted molar refractivity (Wildman–Crippen MR) is 155 cm³/mol. The van der Waals surface area contributed by atoms with Crippen LogP contribution in [0.3, 0.4) is 0 Å². The number of non-ortho nitro benzene ring substituents is 1. The molecule has 218 valence electrons. The van der Waals surface area contributed by atoms with Crippen molar-refractivity contribution in [2.24, 2.45) is 5.92 Å². The molecule has 0 aliphatic carbocycles. The summed E-state index contributed by atoms with van der Waals surface area (Å²) in [7, 11) is -2.82. The molecule has 0 aliphatic heterocycles. The third-order valence-corrected chi connectivity index (χ3v) is 8.07. The van der Waals surface area contributed by atoms with Crippen LogP contribution in [0.2, 0.25) is 0 Å². The number of nitrogens with one attached hydrogen (secondary N) is 1. The van der Waals surface area contributed by atoms with Gasteiger partial charge in [-0.2, -0.15) is 0 Å². The molecule has 0 aromatic heterocycles. The van der Waals surface area contributed by atoms with E-state index < -0.39 is 39.3 Å². The summed E-state index contributed by atoms with van der Waals surface area (Å²) in [5.41, 5.74) is 0.265. The van der Waals surface area contributed by atoms with Crippen molar-refractivity contribution in [2.75, 3.05) is 24.5 Å². The fourth-order valence-electron chi connectivity index (χ4n) is 4.01. The third kappa shape index (κ3) is 8.04. The van der Waals surface area contributed by atoms with Crippen LogP contribution in [0.4, 0.5) is 11.4 Å². The fourth-order valence-corrected chi connectivity index (χ4v) is 5.44. The summed E-state index contributed by atoms with van der Waals surface area (Å²) in [4.78, 5) is 39.0. The van der Waals surface area contributed by atoms with Gasteiger partial charge in [0.2, 0.25) is 11.8 Å². The van der Waals surface area contributed by atoms with Crippen LogP contribution in [0.5, 0.6) is 5.75 Å². The van der Waals surface area contributed by atoms with E-state index in [2.05, 4.69) is 5.32 Å². The Kier molecular flexibility index (Phi) is 10.4. The van der Waals surface area contributed by atoms with Gasteiger partial charge in [0.15, 0.2) is 0 Å². The van der Waals surface area contributed by atoms with Crippen LogP contribution in [-0.2, 0) is 26.2 Å². The molecular weight excluding hydrogens is 548 g/mol. The van der Waals surface area contributed by atoms with Gasteiger partial charge in [-0.1, -0.05) is 50.2 Å². The summed E-state index contributed by atoms with van der Waals surface area (Å²) >= 11 is 0. The molecule has 12 heteroatoms. The number of amides is 2. The molecule has 3 aromatic carbocycles. The average molecular weight is 583 g/mol. The van der Waals surface area contributed by atoms with Crippen molar-refractivity contribution in [1.82, 2.24) is 10.2 Å². The number of sulfonamides is 1. The largest absolute Gasteiger partial charge is 0.497 e. The van der Waals surface area contributed by atoms with Crippen LogP contribution in [-0.4, -0.2) is 56.3 Å². The summed E-state index contributed by atoms with van der Waals surface area (Å²) in [6.07, 6.45) is 0. The molecule has 0 spiro atoms. The first-order valence-corrected chi connectivity index (χ1v) is 14.4.